The predicted molar refractivity (Wildman–Crippen MR) is 191 cm³/mol. The Labute approximate surface area is 290 Å². The first-order valence-corrected chi connectivity index (χ1v) is 20.8. The van der Waals surface area contributed by atoms with Crippen LogP contribution in [0.25, 0.3) is 33.1 Å². The summed E-state index contributed by atoms with van der Waals surface area (Å²) in [6.45, 7) is 12.9. The van der Waals surface area contributed by atoms with Gasteiger partial charge in [-0.15, -0.1) is 0 Å². The molecule has 5 heterocycles. The maximum absolute atomic E-state index is 16.1. The Balaban J connectivity index is 1.42. The van der Waals surface area contributed by atoms with Crippen molar-refractivity contribution in [1.82, 2.24) is 29.2 Å². The van der Waals surface area contributed by atoms with Crippen LogP contribution in [0.2, 0.25) is 35.9 Å². The van der Waals surface area contributed by atoms with Crippen molar-refractivity contribution in [3.8, 4) is 11.1 Å². The number of alkyl halides is 1. The summed E-state index contributed by atoms with van der Waals surface area (Å²) < 4.78 is 32.6. The summed E-state index contributed by atoms with van der Waals surface area (Å²) in [6, 6.07) is 3.24. The van der Waals surface area contributed by atoms with Gasteiger partial charge in [0.25, 0.3) is 5.56 Å². The van der Waals surface area contributed by atoms with E-state index in [0.717, 1.165) is 6.04 Å². The highest BCUT2D eigenvalue weighted by Crippen LogP contribution is 2.42. The number of aryl methyl sites for hydroxylation is 1. The van der Waals surface area contributed by atoms with Gasteiger partial charge in [-0.25, -0.2) is 9.18 Å². The quantitative estimate of drug-likeness (QED) is 0.156. The molecule has 0 saturated carbocycles. The van der Waals surface area contributed by atoms with Gasteiger partial charge >= 0.3 is 6.09 Å². The van der Waals surface area contributed by atoms with E-state index in [1.165, 1.54) is 4.57 Å². The largest absolute Gasteiger partial charge is 0.444 e. The molecule has 1 aromatic carbocycles. The van der Waals surface area contributed by atoms with Crippen molar-refractivity contribution in [2.45, 2.75) is 102 Å². The Kier molecular flexibility index (Phi) is 9.14. The lowest BCUT2D eigenvalue weighted by Gasteiger charge is -2.42. The molecule has 4 aromatic rings. The van der Waals surface area contributed by atoms with Gasteiger partial charge in [0.2, 0.25) is 5.95 Å². The number of aromatic nitrogens is 5. The highest BCUT2D eigenvalue weighted by atomic mass is 35.5. The first kappa shape index (κ1) is 34.7. The van der Waals surface area contributed by atoms with Gasteiger partial charge in [-0.3, -0.25) is 14.0 Å². The van der Waals surface area contributed by atoms with Crippen molar-refractivity contribution in [2.75, 3.05) is 11.5 Å². The molecule has 1 amide bonds. The molecular weight excluding hydrogens is 676 g/mol. The minimum Gasteiger partial charge on any atom is -0.444 e. The second-order valence-corrected chi connectivity index (χ2v) is 21.6. The zero-order valence-corrected chi connectivity index (χ0v) is 31.2. The number of piperidine rings is 1. The molecule has 0 unspecified atom stereocenters. The van der Waals surface area contributed by atoms with Crippen molar-refractivity contribution >= 4 is 65.3 Å². The summed E-state index contributed by atoms with van der Waals surface area (Å²) in [5.41, 5.74) is 1.30. The number of anilines is 1. The van der Waals surface area contributed by atoms with E-state index >= 15 is 4.39 Å². The van der Waals surface area contributed by atoms with Crippen molar-refractivity contribution < 1.29 is 18.7 Å². The molecule has 1 N–H and O–H groups in total. The average Bonchev–Trinajstić information content (AvgIpc) is 3.61. The van der Waals surface area contributed by atoms with E-state index in [1.807, 2.05) is 27.8 Å². The van der Waals surface area contributed by atoms with E-state index in [2.05, 4.69) is 30.1 Å². The number of carbonyl (C=O) groups excluding carboxylic acids is 1. The Hall–Kier alpha value is -3.13. The third-order valence-electron chi connectivity index (χ3n) is 9.22. The van der Waals surface area contributed by atoms with Crippen LogP contribution in [0.1, 0.15) is 40.0 Å². The molecule has 2 saturated heterocycles. The minimum atomic E-state index is -1.38. The van der Waals surface area contributed by atoms with E-state index in [4.69, 9.17) is 37.7 Å². The Bertz CT molecular complexity index is 1950. The van der Waals surface area contributed by atoms with Crippen LogP contribution >= 0.6 is 23.2 Å². The lowest BCUT2D eigenvalue weighted by Crippen LogP contribution is -2.59. The number of ether oxygens (including phenoxy) is 2. The normalized spacial score (nSPS) is 21.4. The summed E-state index contributed by atoms with van der Waals surface area (Å²) in [5, 5.41) is 8.94. The smallest absolute Gasteiger partial charge is 0.407 e. The maximum atomic E-state index is 16.1. The van der Waals surface area contributed by atoms with Crippen LogP contribution in [-0.4, -0.2) is 74.6 Å². The SMILES string of the molecule is Cn1nc2ccc(-c3cn(COCC[Si](C)(C)C)c4nc(N5[C@H]6CC[C@@H]5[C@@H](F)[C@@H](NC(=O)OC(C)(C)C)C6)n(C)c(=O)c34)c(Cl)c2c1Cl. The summed E-state index contributed by atoms with van der Waals surface area (Å²) in [5.74, 6) is 0.378. The van der Waals surface area contributed by atoms with Crippen LogP contribution in [0, 0.1) is 0 Å². The lowest BCUT2D eigenvalue weighted by atomic mass is 9.95. The first-order valence-electron chi connectivity index (χ1n) is 16.4. The van der Waals surface area contributed by atoms with Crippen molar-refractivity contribution in [2.24, 2.45) is 14.1 Å². The number of hydrogen-bond donors (Lipinski definition) is 1. The van der Waals surface area contributed by atoms with E-state index in [-0.39, 0.29) is 18.3 Å². The molecule has 48 heavy (non-hydrogen) atoms. The summed E-state index contributed by atoms with van der Waals surface area (Å²) >= 11 is 13.6. The van der Waals surface area contributed by atoms with E-state index < -0.39 is 38.0 Å². The number of halogens is 3. The highest BCUT2D eigenvalue weighted by molar-refractivity contribution is 6.76. The fourth-order valence-electron chi connectivity index (χ4n) is 6.86. The van der Waals surface area contributed by atoms with Gasteiger partial charge < -0.3 is 24.3 Å². The number of hydrogen-bond acceptors (Lipinski definition) is 7. The zero-order chi connectivity index (χ0) is 34.9. The van der Waals surface area contributed by atoms with Crippen LogP contribution in [0.3, 0.4) is 0 Å². The fraction of sp³-hybridized carbons (Fsp3) is 0.576. The van der Waals surface area contributed by atoms with Crippen molar-refractivity contribution in [3.05, 3.63) is 38.9 Å². The van der Waals surface area contributed by atoms with Gasteiger partial charge in [0.15, 0.2) is 5.65 Å². The van der Waals surface area contributed by atoms with Gasteiger partial charge in [0.05, 0.1) is 33.4 Å². The van der Waals surface area contributed by atoms with Crippen LogP contribution in [0.15, 0.2) is 23.1 Å². The molecular formula is C33H44Cl2FN7O4Si. The topological polar surface area (TPSA) is 108 Å². The third kappa shape index (κ3) is 6.46. The lowest BCUT2D eigenvalue weighted by molar-refractivity contribution is 0.0447. The monoisotopic (exact) mass is 719 g/mol. The molecule has 2 aliphatic rings. The molecule has 0 radical (unpaired) electrons. The molecule has 15 heteroatoms. The Morgan fingerprint density at radius 2 is 1.85 bits per heavy atom. The van der Waals surface area contributed by atoms with Gasteiger partial charge in [-0.1, -0.05) is 48.9 Å². The van der Waals surface area contributed by atoms with Gasteiger partial charge in [-0.2, -0.15) is 10.1 Å². The number of nitrogens with zero attached hydrogens (tertiary/aromatic N) is 6. The van der Waals surface area contributed by atoms with Gasteiger partial charge in [0, 0.05) is 52.1 Å². The molecule has 260 valence electrons. The molecule has 2 fully saturated rings. The standard InChI is InChI=1S/C33H44Cl2FN7O4Si/c1-33(2,3)47-32(45)37-22-15-18-9-12-23(27(22)36)43(18)31-38-29-24(30(44)40(31)4)20(16-42(29)17-46-13-14-48(6,7)8)19-10-11-21-25(26(19)34)28(35)41(5)39-21/h10-11,16,18,22-23,27H,9,12-15,17H2,1-8H3,(H,37,45)/t18-,22-,23+,27-/m0/s1. The zero-order valence-electron chi connectivity index (χ0n) is 28.7. The molecule has 2 aliphatic heterocycles. The summed E-state index contributed by atoms with van der Waals surface area (Å²) in [6.07, 6.45) is 1.46. The third-order valence-corrected chi connectivity index (χ3v) is 11.7. The molecule has 0 aliphatic carbocycles. The second-order valence-electron chi connectivity index (χ2n) is 15.2. The minimum absolute atomic E-state index is 0.127. The first-order chi connectivity index (χ1) is 22.4. The predicted octanol–water partition coefficient (Wildman–Crippen LogP) is 6.88. The number of benzene rings is 1. The highest BCUT2D eigenvalue weighted by Gasteiger charge is 2.50. The molecule has 3 aromatic heterocycles. The van der Waals surface area contributed by atoms with Gasteiger partial charge in [-0.05, 0) is 52.1 Å². The summed E-state index contributed by atoms with van der Waals surface area (Å²) in [4.78, 5) is 33.9. The van der Waals surface area contributed by atoms with Crippen LogP contribution in [0.5, 0.6) is 0 Å². The van der Waals surface area contributed by atoms with Crippen LogP contribution < -0.4 is 15.8 Å². The second kappa shape index (κ2) is 12.6. The number of rotatable bonds is 8. The number of nitrogens with one attached hydrogen (secondary N) is 1. The number of amides is 1. The molecule has 11 nitrogen and oxygen atoms in total. The summed E-state index contributed by atoms with van der Waals surface area (Å²) in [7, 11) is 2.07. The average molecular weight is 721 g/mol. The Morgan fingerprint density at radius 1 is 1.12 bits per heavy atom. The van der Waals surface area contributed by atoms with E-state index in [9.17, 15) is 9.59 Å². The van der Waals surface area contributed by atoms with Crippen LogP contribution in [-0.2, 0) is 30.3 Å². The molecule has 6 rings (SSSR count). The van der Waals surface area contributed by atoms with Crippen LogP contribution in [0.4, 0.5) is 15.1 Å². The van der Waals surface area contributed by atoms with E-state index in [1.54, 1.807) is 39.5 Å². The molecule has 4 atom stereocenters. The molecule has 0 spiro atoms. The fourth-order valence-corrected chi connectivity index (χ4v) is 8.24. The van der Waals surface area contributed by atoms with Crippen molar-refractivity contribution in [3.63, 3.8) is 0 Å². The van der Waals surface area contributed by atoms with Crippen molar-refractivity contribution in [1.29, 1.82) is 0 Å². The Morgan fingerprint density at radius 3 is 2.54 bits per heavy atom. The number of fused-ring (bicyclic) bond motifs is 4. The van der Waals surface area contributed by atoms with Gasteiger partial charge in [0.1, 0.15) is 23.7 Å². The molecule has 2 bridgehead atoms. The maximum Gasteiger partial charge on any atom is 0.407 e. The number of carbonyl (C=O) groups is 1. The van der Waals surface area contributed by atoms with E-state index in [0.29, 0.717) is 75.1 Å². The number of alkyl carbamates (subject to hydrolysis) is 1.